The smallest absolute Gasteiger partial charge is 0.231 e. The van der Waals surface area contributed by atoms with Crippen LogP contribution in [0.4, 0.5) is 0 Å². The van der Waals surface area contributed by atoms with E-state index in [9.17, 15) is 0 Å². The number of para-hydroxylation sites is 1. The molecule has 0 radical (unpaired) electrons. The Kier molecular flexibility index (Phi) is 3.08. The summed E-state index contributed by atoms with van der Waals surface area (Å²) in [6.07, 6.45) is 0.753. The maximum Gasteiger partial charge on any atom is 0.231 e. The third kappa shape index (κ3) is 1.91. The van der Waals surface area contributed by atoms with E-state index in [1.165, 1.54) is 0 Å². The SMILES string of the molecule is COC(CCN)c1cccc2c1OCO2. The number of hydrogen-bond donors (Lipinski definition) is 1. The molecule has 0 fully saturated rings. The van der Waals surface area contributed by atoms with Crippen LogP contribution in [0.3, 0.4) is 0 Å². The molecule has 1 aromatic carbocycles. The number of ether oxygens (including phenoxy) is 3. The third-order valence-electron chi connectivity index (χ3n) is 2.49. The topological polar surface area (TPSA) is 53.7 Å². The third-order valence-corrected chi connectivity index (χ3v) is 2.49. The van der Waals surface area contributed by atoms with Crippen molar-refractivity contribution in [2.45, 2.75) is 12.5 Å². The molecule has 0 bridgehead atoms. The van der Waals surface area contributed by atoms with Crippen LogP contribution < -0.4 is 15.2 Å². The zero-order valence-corrected chi connectivity index (χ0v) is 8.73. The molecule has 1 unspecified atom stereocenters. The van der Waals surface area contributed by atoms with Crippen LogP contribution in [0, 0.1) is 0 Å². The van der Waals surface area contributed by atoms with Crippen molar-refractivity contribution in [2.24, 2.45) is 5.73 Å². The van der Waals surface area contributed by atoms with E-state index in [0.29, 0.717) is 6.54 Å². The number of benzene rings is 1. The molecule has 1 aromatic rings. The minimum Gasteiger partial charge on any atom is -0.454 e. The second-order valence-electron chi connectivity index (χ2n) is 3.38. The van der Waals surface area contributed by atoms with Crippen LogP contribution in [0.15, 0.2) is 18.2 Å². The largest absolute Gasteiger partial charge is 0.454 e. The normalized spacial score (nSPS) is 15.3. The van der Waals surface area contributed by atoms with Crippen molar-refractivity contribution in [3.63, 3.8) is 0 Å². The molecule has 4 heteroatoms. The van der Waals surface area contributed by atoms with Crippen LogP contribution in [0.25, 0.3) is 0 Å². The summed E-state index contributed by atoms with van der Waals surface area (Å²) in [4.78, 5) is 0. The highest BCUT2D eigenvalue weighted by Gasteiger charge is 2.22. The Hall–Kier alpha value is -1.26. The van der Waals surface area contributed by atoms with Gasteiger partial charge in [-0.15, -0.1) is 0 Å². The fourth-order valence-corrected chi connectivity index (χ4v) is 1.76. The molecule has 82 valence electrons. The van der Waals surface area contributed by atoms with Gasteiger partial charge in [0.1, 0.15) is 0 Å². The van der Waals surface area contributed by atoms with Crippen LogP contribution in [-0.4, -0.2) is 20.4 Å². The van der Waals surface area contributed by atoms with Crippen molar-refractivity contribution < 1.29 is 14.2 Å². The first kappa shape index (κ1) is 10.3. The number of fused-ring (bicyclic) bond motifs is 1. The van der Waals surface area contributed by atoms with E-state index >= 15 is 0 Å². The van der Waals surface area contributed by atoms with E-state index in [1.54, 1.807) is 7.11 Å². The maximum absolute atomic E-state index is 5.54. The second-order valence-corrected chi connectivity index (χ2v) is 3.38. The fourth-order valence-electron chi connectivity index (χ4n) is 1.76. The summed E-state index contributed by atoms with van der Waals surface area (Å²) in [5.74, 6) is 1.57. The predicted octanol–water partition coefficient (Wildman–Crippen LogP) is 1.45. The van der Waals surface area contributed by atoms with Gasteiger partial charge in [-0.3, -0.25) is 0 Å². The highest BCUT2D eigenvalue weighted by atomic mass is 16.7. The molecular weight excluding hydrogens is 194 g/mol. The molecule has 0 aliphatic carbocycles. The van der Waals surface area contributed by atoms with E-state index in [2.05, 4.69) is 0 Å². The van der Waals surface area contributed by atoms with Gasteiger partial charge >= 0.3 is 0 Å². The summed E-state index contributed by atoms with van der Waals surface area (Å²) in [5, 5.41) is 0. The highest BCUT2D eigenvalue weighted by Crippen LogP contribution is 2.40. The van der Waals surface area contributed by atoms with Crippen molar-refractivity contribution in [3.8, 4) is 11.5 Å². The average molecular weight is 209 g/mol. The van der Waals surface area contributed by atoms with Gasteiger partial charge < -0.3 is 19.9 Å². The molecule has 0 saturated carbocycles. The highest BCUT2D eigenvalue weighted by molar-refractivity contribution is 5.49. The minimum atomic E-state index is -0.0216. The minimum absolute atomic E-state index is 0.0216. The van der Waals surface area contributed by atoms with Crippen LogP contribution in [0.5, 0.6) is 11.5 Å². The van der Waals surface area contributed by atoms with Gasteiger partial charge in [-0.05, 0) is 19.0 Å². The predicted molar refractivity (Wildman–Crippen MR) is 56.0 cm³/mol. The molecule has 15 heavy (non-hydrogen) atoms. The van der Waals surface area contributed by atoms with E-state index in [4.69, 9.17) is 19.9 Å². The molecule has 0 aromatic heterocycles. The standard InChI is InChI=1S/C11H15NO3/c1-13-9(5-6-12)8-3-2-4-10-11(8)15-7-14-10/h2-4,9H,5-7,12H2,1H3. The summed E-state index contributed by atoms with van der Waals surface area (Å²) < 4.78 is 16.1. The van der Waals surface area contributed by atoms with Gasteiger partial charge in [0.15, 0.2) is 11.5 Å². The van der Waals surface area contributed by atoms with Gasteiger partial charge in [-0.2, -0.15) is 0 Å². The summed E-state index contributed by atoms with van der Waals surface area (Å²) in [5.41, 5.74) is 6.55. The van der Waals surface area contributed by atoms with Gasteiger partial charge in [0.25, 0.3) is 0 Å². The van der Waals surface area contributed by atoms with Gasteiger partial charge in [-0.25, -0.2) is 0 Å². The molecule has 1 aliphatic heterocycles. The first-order valence-corrected chi connectivity index (χ1v) is 4.98. The summed E-state index contributed by atoms with van der Waals surface area (Å²) >= 11 is 0. The summed E-state index contributed by atoms with van der Waals surface area (Å²) in [6.45, 7) is 0.869. The van der Waals surface area contributed by atoms with Gasteiger partial charge in [-0.1, -0.05) is 12.1 Å². The lowest BCUT2D eigenvalue weighted by molar-refractivity contribution is 0.0939. The van der Waals surface area contributed by atoms with E-state index in [-0.39, 0.29) is 12.9 Å². The van der Waals surface area contributed by atoms with Gasteiger partial charge in [0.05, 0.1) is 6.10 Å². The molecule has 1 heterocycles. The Labute approximate surface area is 88.9 Å². The first-order chi connectivity index (χ1) is 7.36. The quantitative estimate of drug-likeness (QED) is 0.815. The van der Waals surface area contributed by atoms with Crippen molar-refractivity contribution in [2.75, 3.05) is 20.4 Å². The number of nitrogens with two attached hydrogens (primary N) is 1. The van der Waals surface area contributed by atoms with Crippen molar-refractivity contribution in [1.82, 2.24) is 0 Å². The lowest BCUT2D eigenvalue weighted by atomic mass is 10.0. The molecule has 0 amide bonds. The Bertz CT molecular complexity index is 341. The zero-order valence-electron chi connectivity index (χ0n) is 8.73. The molecule has 4 nitrogen and oxygen atoms in total. The lowest BCUT2D eigenvalue weighted by Gasteiger charge is -2.16. The molecule has 2 N–H and O–H groups in total. The van der Waals surface area contributed by atoms with Crippen molar-refractivity contribution in [3.05, 3.63) is 23.8 Å². The second kappa shape index (κ2) is 4.51. The number of rotatable bonds is 4. The molecular formula is C11H15NO3. The zero-order chi connectivity index (χ0) is 10.7. The Morgan fingerprint density at radius 3 is 3.07 bits per heavy atom. The Balaban J connectivity index is 2.30. The van der Waals surface area contributed by atoms with E-state index in [1.807, 2.05) is 18.2 Å². The molecule has 1 aliphatic rings. The van der Waals surface area contributed by atoms with Crippen LogP contribution in [-0.2, 0) is 4.74 Å². The average Bonchev–Trinajstić information content (AvgIpc) is 2.73. The van der Waals surface area contributed by atoms with Crippen LogP contribution in [0.1, 0.15) is 18.1 Å². The first-order valence-electron chi connectivity index (χ1n) is 4.98. The molecule has 0 spiro atoms. The van der Waals surface area contributed by atoms with E-state index in [0.717, 1.165) is 23.5 Å². The monoisotopic (exact) mass is 209 g/mol. The Morgan fingerprint density at radius 1 is 1.47 bits per heavy atom. The number of hydrogen-bond acceptors (Lipinski definition) is 4. The fraction of sp³-hybridized carbons (Fsp3) is 0.455. The van der Waals surface area contributed by atoms with Gasteiger partial charge in [0, 0.05) is 12.7 Å². The van der Waals surface area contributed by atoms with E-state index < -0.39 is 0 Å². The summed E-state index contributed by atoms with van der Waals surface area (Å²) in [7, 11) is 1.68. The maximum atomic E-state index is 5.54. The van der Waals surface area contributed by atoms with Crippen LogP contribution in [0.2, 0.25) is 0 Å². The lowest BCUT2D eigenvalue weighted by Crippen LogP contribution is -2.09. The van der Waals surface area contributed by atoms with Crippen LogP contribution >= 0.6 is 0 Å². The van der Waals surface area contributed by atoms with Gasteiger partial charge in [0.2, 0.25) is 6.79 Å². The molecule has 2 rings (SSSR count). The van der Waals surface area contributed by atoms with Crippen molar-refractivity contribution >= 4 is 0 Å². The molecule has 1 atom stereocenters. The Morgan fingerprint density at radius 2 is 2.33 bits per heavy atom. The van der Waals surface area contributed by atoms with Crippen molar-refractivity contribution in [1.29, 1.82) is 0 Å². The summed E-state index contributed by atoms with van der Waals surface area (Å²) in [6, 6.07) is 5.81. The number of methoxy groups -OCH3 is 1. The molecule has 0 saturated heterocycles.